The number of aliphatic imine (C=N–C) groups is 1. The molecule has 2 heterocycles. The van der Waals surface area contributed by atoms with Crippen LogP contribution >= 0.6 is 0 Å². The van der Waals surface area contributed by atoms with E-state index in [0.717, 1.165) is 22.3 Å². The highest BCUT2D eigenvalue weighted by atomic mass is 16.4. The van der Waals surface area contributed by atoms with Crippen molar-refractivity contribution in [2.75, 3.05) is 6.54 Å². The third-order valence-electron chi connectivity index (χ3n) is 3.58. The SMILES string of the molecule is C=CC=NCCc1c(C)c(CC(=O)O)c2ccc(C#N)cn12. The van der Waals surface area contributed by atoms with E-state index in [9.17, 15) is 4.79 Å². The molecule has 0 spiro atoms. The van der Waals surface area contributed by atoms with E-state index in [1.807, 2.05) is 11.3 Å². The molecule has 1 N–H and O–H groups in total. The van der Waals surface area contributed by atoms with Crippen LogP contribution in [0.1, 0.15) is 22.4 Å². The van der Waals surface area contributed by atoms with Gasteiger partial charge in [-0.3, -0.25) is 9.79 Å². The van der Waals surface area contributed by atoms with Crippen LogP contribution < -0.4 is 0 Å². The van der Waals surface area contributed by atoms with Gasteiger partial charge in [0.15, 0.2) is 0 Å². The molecule has 5 heteroatoms. The largest absolute Gasteiger partial charge is 0.481 e. The quantitative estimate of drug-likeness (QED) is 0.832. The van der Waals surface area contributed by atoms with E-state index in [0.29, 0.717) is 18.5 Å². The second-order valence-electron chi connectivity index (χ2n) is 4.95. The summed E-state index contributed by atoms with van der Waals surface area (Å²) < 4.78 is 1.91. The topological polar surface area (TPSA) is 77.9 Å². The molecule has 2 rings (SSSR count). The van der Waals surface area contributed by atoms with Crippen LogP contribution in [0.3, 0.4) is 0 Å². The third-order valence-corrected chi connectivity index (χ3v) is 3.58. The van der Waals surface area contributed by atoms with Gasteiger partial charge in [-0.25, -0.2) is 0 Å². The van der Waals surface area contributed by atoms with Crippen LogP contribution in [0.2, 0.25) is 0 Å². The molecule has 0 bridgehead atoms. The molecule has 0 saturated heterocycles. The first-order valence-corrected chi connectivity index (χ1v) is 6.93. The molecule has 2 aromatic heterocycles. The molecule has 0 radical (unpaired) electrons. The van der Waals surface area contributed by atoms with Crippen molar-refractivity contribution >= 4 is 17.7 Å². The van der Waals surface area contributed by atoms with Gasteiger partial charge in [-0.05, 0) is 30.2 Å². The number of carboxylic acids is 1. The summed E-state index contributed by atoms with van der Waals surface area (Å²) in [7, 11) is 0. The van der Waals surface area contributed by atoms with Gasteiger partial charge in [0.2, 0.25) is 0 Å². The minimum Gasteiger partial charge on any atom is -0.481 e. The second-order valence-corrected chi connectivity index (χ2v) is 4.95. The van der Waals surface area contributed by atoms with Gasteiger partial charge in [0.25, 0.3) is 0 Å². The van der Waals surface area contributed by atoms with Crippen LogP contribution in [-0.2, 0) is 17.6 Å². The molecule has 5 nitrogen and oxygen atoms in total. The van der Waals surface area contributed by atoms with E-state index in [1.54, 1.807) is 30.6 Å². The first kappa shape index (κ1) is 15.5. The Balaban J connectivity index is 2.54. The van der Waals surface area contributed by atoms with Crippen molar-refractivity contribution in [2.45, 2.75) is 19.8 Å². The van der Waals surface area contributed by atoms with E-state index in [4.69, 9.17) is 10.4 Å². The Labute approximate surface area is 128 Å². The number of pyridine rings is 1. The predicted molar refractivity (Wildman–Crippen MR) is 85.4 cm³/mol. The van der Waals surface area contributed by atoms with Crippen molar-refractivity contribution in [2.24, 2.45) is 4.99 Å². The first-order chi connectivity index (χ1) is 10.6. The Hall–Kier alpha value is -2.87. The number of hydrogen-bond donors (Lipinski definition) is 1. The fourth-order valence-electron chi connectivity index (χ4n) is 2.58. The minimum atomic E-state index is -0.865. The van der Waals surface area contributed by atoms with Crippen molar-refractivity contribution in [3.05, 3.63) is 53.4 Å². The zero-order valence-corrected chi connectivity index (χ0v) is 12.4. The Morgan fingerprint density at radius 1 is 1.55 bits per heavy atom. The van der Waals surface area contributed by atoms with Crippen molar-refractivity contribution in [3.63, 3.8) is 0 Å². The van der Waals surface area contributed by atoms with Gasteiger partial charge < -0.3 is 9.51 Å². The first-order valence-electron chi connectivity index (χ1n) is 6.93. The molecule has 0 amide bonds. The number of aliphatic carboxylic acids is 1. The highest BCUT2D eigenvalue weighted by Gasteiger charge is 2.17. The van der Waals surface area contributed by atoms with Crippen LogP contribution in [0.5, 0.6) is 0 Å². The van der Waals surface area contributed by atoms with Gasteiger partial charge >= 0.3 is 5.97 Å². The fraction of sp³-hybridized carbons (Fsp3) is 0.235. The molecule has 0 saturated carbocycles. The maximum atomic E-state index is 11.1. The molecule has 0 aliphatic carbocycles. The normalized spacial score (nSPS) is 10.9. The summed E-state index contributed by atoms with van der Waals surface area (Å²) in [6.07, 6.45) is 5.65. The fourth-order valence-corrected chi connectivity index (χ4v) is 2.58. The number of hydrogen-bond acceptors (Lipinski definition) is 3. The van der Waals surface area contributed by atoms with Crippen molar-refractivity contribution in [1.82, 2.24) is 4.40 Å². The van der Waals surface area contributed by atoms with Gasteiger partial charge in [-0.2, -0.15) is 5.26 Å². The monoisotopic (exact) mass is 295 g/mol. The zero-order chi connectivity index (χ0) is 16.1. The Morgan fingerprint density at radius 2 is 2.32 bits per heavy atom. The van der Waals surface area contributed by atoms with E-state index in [-0.39, 0.29) is 6.42 Å². The van der Waals surface area contributed by atoms with Crippen molar-refractivity contribution in [1.29, 1.82) is 5.26 Å². The molecule has 22 heavy (non-hydrogen) atoms. The van der Waals surface area contributed by atoms with Gasteiger partial charge in [-0.1, -0.05) is 12.7 Å². The smallest absolute Gasteiger partial charge is 0.307 e. The van der Waals surface area contributed by atoms with E-state index >= 15 is 0 Å². The minimum absolute atomic E-state index is 0.0306. The van der Waals surface area contributed by atoms with Crippen molar-refractivity contribution < 1.29 is 9.90 Å². The Morgan fingerprint density at radius 3 is 2.95 bits per heavy atom. The molecule has 0 aromatic carbocycles. The average Bonchev–Trinajstić information content (AvgIpc) is 2.75. The lowest BCUT2D eigenvalue weighted by Gasteiger charge is -2.03. The van der Waals surface area contributed by atoms with E-state index in [2.05, 4.69) is 17.6 Å². The summed E-state index contributed by atoms with van der Waals surface area (Å²) in [5.41, 5.74) is 4.11. The van der Waals surface area contributed by atoms with Crippen LogP contribution in [-0.4, -0.2) is 28.2 Å². The van der Waals surface area contributed by atoms with Gasteiger partial charge in [0.05, 0.1) is 12.0 Å². The Bertz CT molecular complexity index is 794. The molecule has 0 aliphatic rings. The molecular formula is C17H17N3O2. The van der Waals surface area contributed by atoms with Gasteiger partial charge in [0.1, 0.15) is 6.07 Å². The van der Waals surface area contributed by atoms with Crippen LogP contribution in [0.15, 0.2) is 36.0 Å². The molecule has 0 aliphatic heterocycles. The number of carboxylic acid groups (broad SMARTS) is 1. The molecule has 112 valence electrons. The summed E-state index contributed by atoms with van der Waals surface area (Å²) in [5.74, 6) is -0.865. The average molecular weight is 295 g/mol. The molecule has 0 fully saturated rings. The van der Waals surface area contributed by atoms with Crippen LogP contribution in [0, 0.1) is 18.3 Å². The predicted octanol–water partition coefficient (Wildman–Crippen LogP) is 2.55. The molecule has 0 unspecified atom stereocenters. The lowest BCUT2D eigenvalue weighted by Crippen LogP contribution is -2.01. The van der Waals surface area contributed by atoms with Gasteiger partial charge in [-0.15, -0.1) is 0 Å². The second kappa shape index (κ2) is 6.72. The summed E-state index contributed by atoms with van der Waals surface area (Å²) in [4.78, 5) is 15.3. The zero-order valence-electron chi connectivity index (χ0n) is 12.4. The summed E-state index contributed by atoms with van der Waals surface area (Å²) in [6.45, 7) is 6.08. The number of aromatic nitrogens is 1. The summed E-state index contributed by atoms with van der Waals surface area (Å²) >= 11 is 0. The maximum absolute atomic E-state index is 11.1. The molecule has 2 aromatic rings. The summed E-state index contributed by atoms with van der Waals surface area (Å²) in [6, 6.07) is 5.63. The standard InChI is InChI=1S/C17H17N3O2/c1-3-7-19-8-6-15-12(2)14(9-17(21)22)16-5-4-13(10-18)11-20(15)16/h3-5,7,11H,1,6,8-9H2,2H3,(H,21,22). The number of carbonyl (C=O) groups is 1. The maximum Gasteiger partial charge on any atom is 0.307 e. The lowest BCUT2D eigenvalue weighted by molar-refractivity contribution is -0.136. The van der Waals surface area contributed by atoms with Crippen LogP contribution in [0.25, 0.3) is 5.52 Å². The highest BCUT2D eigenvalue weighted by molar-refractivity contribution is 5.76. The number of nitrogens with zero attached hydrogens (tertiary/aromatic N) is 3. The summed E-state index contributed by atoms with van der Waals surface area (Å²) in [5, 5.41) is 18.2. The number of fused-ring (bicyclic) bond motifs is 1. The molecule has 0 atom stereocenters. The molecular weight excluding hydrogens is 278 g/mol. The van der Waals surface area contributed by atoms with E-state index in [1.165, 1.54) is 0 Å². The lowest BCUT2D eigenvalue weighted by atomic mass is 10.1. The number of rotatable bonds is 6. The Kier molecular flexibility index (Phi) is 4.74. The van der Waals surface area contributed by atoms with Crippen molar-refractivity contribution in [3.8, 4) is 6.07 Å². The third kappa shape index (κ3) is 3.07. The van der Waals surface area contributed by atoms with E-state index < -0.39 is 5.97 Å². The highest BCUT2D eigenvalue weighted by Crippen LogP contribution is 2.25. The number of allylic oxidation sites excluding steroid dienone is 1. The van der Waals surface area contributed by atoms with Crippen LogP contribution in [0.4, 0.5) is 0 Å². The van der Waals surface area contributed by atoms with Gasteiger partial charge in [0, 0.05) is 36.6 Å². The number of nitriles is 1.